The van der Waals surface area contributed by atoms with E-state index < -0.39 is 22.0 Å². The first kappa shape index (κ1) is 20.3. The van der Waals surface area contributed by atoms with Gasteiger partial charge in [0.05, 0.1) is 11.4 Å². The highest BCUT2D eigenvalue weighted by Crippen LogP contribution is 2.26. The van der Waals surface area contributed by atoms with Gasteiger partial charge in [-0.2, -0.15) is 4.31 Å². The van der Waals surface area contributed by atoms with Gasteiger partial charge in [-0.3, -0.25) is 10.0 Å². The van der Waals surface area contributed by atoms with E-state index in [2.05, 4.69) is 0 Å². The van der Waals surface area contributed by atoms with Crippen molar-refractivity contribution in [3.05, 3.63) is 65.7 Å². The quantitative estimate of drug-likeness (QED) is 0.590. The zero-order valence-electron chi connectivity index (χ0n) is 15.0. The fourth-order valence-electron chi connectivity index (χ4n) is 2.72. The topological polar surface area (TPSA) is 87.2 Å². The fraction of sp³-hybridized carbons (Fsp3) is 0.211. The number of carbonyl (C=O) groups excluding carboxylic acids is 1. The van der Waals surface area contributed by atoms with Gasteiger partial charge >= 0.3 is 0 Å². The molecule has 0 saturated heterocycles. The SMILES string of the molecule is CN([C@@H]1CC=CCN(O)C1=O)S(=O)(=O)c1ccc(Oc2ccc(Cl)cc2)cc1. The van der Waals surface area contributed by atoms with Crippen LogP contribution in [0.3, 0.4) is 0 Å². The number of sulfonamides is 1. The van der Waals surface area contributed by atoms with Gasteiger partial charge in [0.15, 0.2) is 0 Å². The Kier molecular flexibility index (Phi) is 6.04. The maximum Gasteiger partial charge on any atom is 0.264 e. The lowest BCUT2D eigenvalue weighted by molar-refractivity contribution is -0.166. The molecule has 1 aliphatic heterocycles. The third kappa shape index (κ3) is 4.36. The molecule has 0 aromatic heterocycles. The lowest BCUT2D eigenvalue weighted by Crippen LogP contribution is -2.47. The molecule has 0 unspecified atom stereocenters. The molecule has 0 saturated carbocycles. The highest BCUT2D eigenvalue weighted by atomic mass is 35.5. The summed E-state index contributed by atoms with van der Waals surface area (Å²) >= 11 is 5.84. The first-order valence-electron chi connectivity index (χ1n) is 8.46. The van der Waals surface area contributed by atoms with Crippen LogP contribution in [0.2, 0.25) is 5.02 Å². The van der Waals surface area contributed by atoms with E-state index in [9.17, 15) is 18.4 Å². The van der Waals surface area contributed by atoms with Crippen molar-refractivity contribution in [2.24, 2.45) is 0 Å². The number of ether oxygens (including phenoxy) is 1. The molecular formula is C19H19ClN2O5S. The average Bonchev–Trinajstić information content (AvgIpc) is 2.85. The second-order valence-electron chi connectivity index (χ2n) is 6.19. The summed E-state index contributed by atoms with van der Waals surface area (Å²) < 4.78 is 32.4. The summed E-state index contributed by atoms with van der Waals surface area (Å²) in [6.45, 7) is 0.0277. The monoisotopic (exact) mass is 422 g/mol. The molecule has 1 atom stereocenters. The Hall–Kier alpha value is -2.39. The molecule has 1 heterocycles. The van der Waals surface area contributed by atoms with Gasteiger partial charge in [-0.05, 0) is 55.0 Å². The van der Waals surface area contributed by atoms with Crippen molar-refractivity contribution in [1.82, 2.24) is 9.37 Å². The molecular weight excluding hydrogens is 404 g/mol. The summed E-state index contributed by atoms with van der Waals surface area (Å²) in [6.07, 6.45) is 3.47. The molecule has 1 aliphatic rings. The van der Waals surface area contributed by atoms with Crippen molar-refractivity contribution in [3.63, 3.8) is 0 Å². The van der Waals surface area contributed by atoms with Crippen LogP contribution in [0.25, 0.3) is 0 Å². The van der Waals surface area contributed by atoms with E-state index in [1.807, 2.05) is 0 Å². The summed E-state index contributed by atoms with van der Waals surface area (Å²) in [5.41, 5.74) is 0. The summed E-state index contributed by atoms with van der Waals surface area (Å²) in [5.74, 6) is 0.355. The van der Waals surface area contributed by atoms with Crippen molar-refractivity contribution >= 4 is 27.5 Å². The number of halogens is 1. The molecule has 7 nitrogen and oxygen atoms in total. The Morgan fingerprint density at radius 1 is 1.07 bits per heavy atom. The van der Waals surface area contributed by atoms with E-state index in [-0.39, 0.29) is 17.9 Å². The molecule has 1 amide bonds. The van der Waals surface area contributed by atoms with Gasteiger partial charge in [0, 0.05) is 12.1 Å². The molecule has 2 aromatic rings. The predicted molar refractivity (Wildman–Crippen MR) is 104 cm³/mol. The molecule has 0 bridgehead atoms. The first-order valence-corrected chi connectivity index (χ1v) is 10.3. The van der Waals surface area contributed by atoms with Crippen LogP contribution in [-0.2, 0) is 14.8 Å². The van der Waals surface area contributed by atoms with E-state index in [1.165, 1.54) is 31.3 Å². The van der Waals surface area contributed by atoms with E-state index in [4.69, 9.17) is 16.3 Å². The molecule has 1 N–H and O–H groups in total. The van der Waals surface area contributed by atoms with Crippen molar-refractivity contribution < 1.29 is 23.2 Å². The summed E-state index contributed by atoms with van der Waals surface area (Å²) in [5, 5.41) is 10.8. The van der Waals surface area contributed by atoms with Crippen molar-refractivity contribution in [1.29, 1.82) is 0 Å². The minimum Gasteiger partial charge on any atom is -0.457 e. The number of amides is 1. The van der Waals surface area contributed by atoms with Crippen molar-refractivity contribution in [2.75, 3.05) is 13.6 Å². The number of nitrogens with zero attached hydrogens (tertiary/aromatic N) is 2. The summed E-state index contributed by atoms with van der Waals surface area (Å²) in [4.78, 5) is 12.3. The highest BCUT2D eigenvalue weighted by molar-refractivity contribution is 7.89. The maximum absolute atomic E-state index is 12.9. The van der Waals surface area contributed by atoms with Gasteiger partial charge in [-0.15, -0.1) is 0 Å². The van der Waals surface area contributed by atoms with Crippen LogP contribution in [0.15, 0.2) is 65.6 Å². The lowest BCUT2D eigenvalue weighted by Gasteiger charge is -2.26. The molecule has 148 valence electrons. The van der Waals surface area contributed by atoms with Gasteiger partial charge in [-0.25, -0.2) is 13.5 Å². The molecule has 28 heavy (non-hydrogen) atoms. The Labute approximate surface area is 168 Å². The van der Waals surface area contributed by atoms with E-state index >= 15 is 0 Å². The van der Waals surface area contributed by atoms with E-state index in [0.29, 0.717) is 21.6 Å². The van der Waals surface area contributed by atoms with Crippen LogP contribution in [0, 0.1) is 0 Å². The van der Waals surface area contributed by atoms with Gasteiger partial charge < -0.3 is 4.74 Å². The van der Waals surface area contributed by atoms with Crippen molar-refractivity contribution in [2.45, 2.75) is 17.4 Å². The molecule has 2 aromatic carbocycles. The van der Waals surface area contributed by atoms with Gasteiger partial charge in [-0.1, -0.05) is 23.8 Å². The van der Waals surface area contributed by atoms with Crippen LogP contribution in [0.4, 0.5) is 0 Å². The fourth-order valence-corrected chi connectivity index (χ4v) is 4.17. The smallest absolute Gasteiger partial charge is 0.264 e. The lowest BCUT2D eigenvalue weighted by atomic mass is 10.2. The van der Waals surface area contributed by atoms with Crippen LogP contribution in [0.5, 0.6) is 11.5 Å². The second-order valence-corrected chi connectivity index (χ2v) is 8.63. The first-order chi connectivity index (χ1) is 13.3. The Balaban J connectivity index is 1.78. The summed E-state index contributed by atoms with van der Waals surface area (Å²) in [7, 11) is -2.62. The van der Waals surface area contributed by atoms with Crippen LogP contribution < -0.4 is 4.74 Å². The largest absolute Gasteiger partial charge is 0.457 e. The van der Waals surface area contributed by atoms with Crippen molar-refractivity contribution in [3.8, 4) is 11.5 Å². The Morgan fingerprint density at radius 3 is 2.25 bits per heavy atom. The Morgan fingerprint density at radius 2 is 1.64 bits per heavy atom. The molecule has 0 fully saturated rings. The van der Waals surface area contributed by atoms with Gasteiger partial charge in [0.2, 0.25) is 10.0 Å². The molecule has 9 heteroatoms. The van der Waals surface area contributed by atoms with Gasteiger partial charge in [0.1, 0.15) is 17.5 Å². The predicted octanol–water partition coefficient (Wildman–Crippen LogP) is 3.30. The molecule has 0 spiro atoms. The minimum atomic E-state index is -3.94. The number of hydrogen-bond donors (Lipinski definition) is 1. The number of carbonyl (C=O) groups is 1. The van der Waals surface area contributed by atoms with Crippen LogP contribution >= 0.6 is 11.6 Å². The molecule has 0 aliphatic carbocycles. The number of hydroxylamine groups is 2. The second kappa shape index (κ2) is 8.32. The maximum atomic E-state index is 12.9. The zero-order chi connectivity index (χ0) is 20.3. The van der Waals surface area contributed by atoms with Crippen LogP contribution in [-0.4, -0.2) is 48.5 Å². The molecule has 0 radical (unpaired) electrons. The van der Waals surface area contributed by atoms with Gasteiger partial charge in [0.25, 0.3) is 5.91 Å². The minimum absolute atomic E-state index is 0.0176. The molecule has 3 rings (SSSR count). The highest BCUT2D eigenvalue weighted by Gasteiger charge is 2.35. The standard InChI is InChI=1S/C19H19ClN2O5S/c1-21(18-4-2-3-13-22(24)19(18)23)28(25,26)17-11-9-16(10-12-17)27-15-7-5-14(20)6-8-15/h2-3,5-12,18,24H,4,13H2,1H3/t18-/m1/s1. The number of likely N-dealkylation sites (N-methyl/N-ethyl adjacent to an activating group) is 1. The van der Waals surface area contributed by atoms with E-state index in [0.717, 1.165) is 4.31 Å². The zero-order valence-corrected chi connectivity index (χ0v) is 16.6. The Bertz CT molecular complexity index is 974. The third-order valence-corrected chi connectivity index (χ3v) is 6.47. The number of rotatable bonds is 5. The number of benzene rings is 2. The average molecular weight is 423 g/mol. The normalized spacial score (nSPS) is 17.6. The number of hydrogen-bond acceptors (Lipinski definition) is 5. The summed E-state index contributed by atoms with van der Waals surface area (Å²) in [6, 6.07) is 11.6. The van der Waals surface area contributed by atoms with E-state index in [1.54, 1.807) is 36.4 Å². The third-order valence-electron chi connectivity index (χ3n) is 4.33. The van der Waals surface area contributed by atoms with Crippen LogP contribution in [0.1, 0.15) is 6.42 Å².